The molecule has 0 bridgehead atoms. The van der Waals surface area contributed by atoms with Gasteiger partial charge in [-0.05, 0) is 30.0 Å². The molecule has 0 amide bonds. The maximum atomic E-state index is 11.9. The first-order valence-electron chi connectivity index (χ1n) is 6.05. The average molecular weight is 320 g/mol. The Balaban J connectivity index is 1.78. The zero-order chi connectivity index (χ0) is 13.0. The zero-order valence-corrected chi connectivity index (χ0v) is 11.6. The number of alkyl halides is 2. The maximum Gasteiger partial charge on any atom is 0.261 e. The van der Waals surface area contributed by atoms with E-state index in [2.05, 4.69) is 27.3 Å². The van der Waals surface area contributed by atoms with Crippen molar-refractivity contribution < 1.29 is 13.5 Å². The third kappa shape index (κ3) is 3.49. The second kappa shape index (κ2) is 6.59. The standard InChI is InChI=1S/C13H16BrF2NO/c14-11-3-1-2-10-9(11)4-5-12(10)17-6-7-18-8-13(15)16/h1-3,12-13,17H,4-8H2. The van der Waals surface area contributed by atoms with Crippen LogP contribution in [0.2, 0.25) is 0 Å². The van der Waals surface area contributed by atoms with Gasteiger partial charge in [0.2, 0.25) is 0 Å². The lowest BCUT2D eigenvalue weighted by molar-refractivity contribution is 0.0182. The van der Waals surface area contributed by atoms with Gasteiger partial charge in [-0.2, -0.15) is 0 Å². The van der Waals surface area contributed by atoms with Crippen molar-refractivity contribution in [2.24, 2.45) is 0 Å². The van der Waals surface area contributed by atoms with Gasteiger partial charge in [-0.1, -0.05) is 28.1 Å². The molecule has 2 rings (SSSR count). The number of nitrogens with one attached hydrogen (secondary N) is 1. The molecule has 1 N–H and O–H groups in total. The Morgan fingerprint density at radius 2 is 2.28 bits per heavy atom. The van der Waals surface area contributed by atoms with Crippen molar-refractivity contribution in [2.45, 2.75) is 25.3 Å². The van der Waals surface area contributed by atoms with Crippen LogP contribution in [0.5, 0.6) is 0 Å². The summed E-state index contributed by atoms with van der Waals surface area (Å²) in [5.41, 5.74) is 2.65. The molecule has 2 nitrogen and oxygen atoms in total. The summed E-state index contributed by atoms with van der Waals surface area (Å²) in [4.78, 5) is 0. The third-order valence-corrected chi connectivity index (χ3v) is 3.84. The molecular formula is C13H16BrF2NO. The fourth-order valence-electron chi connectivity index (χ4n) is 2.30. The van der Waals surface area contributed by atoms with Crippen LogP contribution in [0.1, 0.15) is 23.6 Å². The summed E-state index contributed by atoms with van der Waals surface area (Å²) in [5, 5.41) is 3.35. The molecule has 1 unspecified atom stereocenters. The van der Waals surface area contributed by atoms with E-state index < -0.39 is 13.0 Å². The van der Waals surface area contributed by atoms with Crippen molar-refractivity contribution >= 4 is 15.9 Å². The van der Waals surface area contributed by atoms with Crippen LogP contribution < -0.4 is 5.32 Å². The van der Waals surface area contributed by atoms with Gasteiger partial charge in [0.1, 0.15) is 6.61 Å². The van der Waals surface area contributed by atoms with Gasteiger partial charge >= 0.3 is 0 Å². The third-order valence-electron chi connectivity index (χ3n) is 3.09. The number of rotatable bonds is 6. The van der Waals surface area contributed by atoms with Crippen molar-refractivity contribution in [3.05, 3.63) is 33.8 Å². The van der Waals surface area contributed by atoms with E-state index in [0.29, 0.717) is 19.2 Å². The summed E-state index contributed by atoms with van der Waals surface area (Å²) in [6.07, 6.45) is -0.285. The topological polar surface area (TPSA) is 21.3 Å². The molecule has 0 aromatic heterocycles. The lowest BCUT2D eigenvalue weighted by atomic mass is 10.1. The summed E-state index contributed by atoms with van der Waals surface area (Å²) >= 11 is 3.55. The minimum atomic E-state index is -2.38. The Morgan fingerprint density at radius 3 is 3.06 bits per heavy atom. The Morgan fingerprint density at radius 1 is 1.44 bits per heavy atom. The lowest BCUT2D eigenvalue weighted by Gasteiger charge is -2.14. The predicted octanol–water partition coefficient (Wildman–Crippen LogP) is 3.31. The maximum absolute atomic E-state index is 11.9. The van der Waals surface area contributed by atoms with Gasteiger partial charge in [0.05, 0.1) is 6.61 Å². The smallest absolute Gasteiger partial charge is 0.261 e. The molecule has 0 radical (unpaired) electrons. The van der Waals surface area contributed by atoms with Gasteiger partial charge < -0.3 is 10.1 Å². The average Bonchev–Trinajstić information content (AvgIpc) is 2.73. The van der Waals surface area contributed by atoms with Gasteiger partial charge in [0, 0.05) is 17.1 Å². The molecule has 1 atom stereocenters. The van der Waals surface area contributed by atoms with Crippen LogP contribution in [0, 0.1) is 0 Å². The number of halogens is 3. The quantitative estimate of drug-likeness (QED) is 0.812. The molecule has 0 spiro atoms. The van der Waals surface area contributed by atoms with Crippen LogP contribution in [0.4, 0.5) is 8.78 Å². The number of benzene rings is 1. The largest absolute Gasteiger partial charge is 0.374 e. The van der Waals surface area contributed by atoms with Crippen LogP contribution in [0.15, 0.2) is 22.7 Å². The number of ether oxygens (including phenoxy) is 1. The van der Waals surface area contributed by atoms with Crippen LogP contribution >= 0.6 is 15.9 Å². The first kappa shape index (κ1) is 13.9. The van der Waals surface area contributed by atoms with E-state index in [4.69, 9.17) is 4.74 Å². The lowest BCUT2D eigenvalue weighted by Crippen LogP contribution is -2.24. The van der Waals surface area contributed by atoms with E-state index >= 15 is 0 Å². The van der Waals surface area contributed by atoms with E-state index in [9.17, 15) is 8.78 Å². The Bertz CT molecular complexity index is 401. The van der Waals surface area contributed by atoms with Gasteiger partial charge in [0.15, 0.2) is 0 Å². The minimum absolute atomic E-state index is 0.313. The molecule has 18 heavy (non-hydrogen) atoms. The van der Waals surface area contributed by atoms with E-state index in [-0.39, 0.29) is 0 Å². The zero-order valence-electron chi connectivity index (χ0n) is 9.96. The summed E-state index contributed by atoms with van der Waals surface area (Å²) < 4.78 is 29.7. The second-order valence-electron chi connectivity index (χ2n) is 4.32. The fraction of sp³-hybridized carbons (Fsp3) is 0.538. The molecular weight excluding hydrogens is 304 g/mol. The summed E-state index contributed by atoms with van der Waals surface area (Å²) in [6.45, 7) is 0.446. The molecule has 0 saturated heterocycles. The van der Waals surface area contributed by atoms with Crippen LogP contribution in [-0.2, 0) is 11.2 Å². The van der Waals surface area contributed by atoms with Crippen molar-refractivity contribution in [1.29, 1.82) is 0 Å². The highest BCUT2D eigenvalue weighted by Crippen LogP contribution is 2.35. The predicted molar refractivity (Wildman–Crippen MR) is 70.0 cm³/mol. The molecule has 0 saturated carbocycles. The van der Waals surface area contributed by atoms with Gasteiger partial charge in [-0.25, -0.2) is 8.78 Å². The van der Waals surface area contributed by atoms with Crippen LogP contribution in [0.3, 0.4) is 0 Å². The Kier molecular flexibility index (Phi) is 5.09. The van der Waals surface area contributed by atoms with Crippen LogP contribution in [-0.4, -0.2) is 26.2 Å². The summed E-state index contributed by atoms with van der Waals surface area (Å²) in [6, 6.07) is 6.50. The molecule has 1 aromatic rings. The van der Waals surface area contributed by atoms with Gasteiger partial charge in [0.25, 0.3) is 6.43 Å². The first-order chi connectivity index (χ1) is 8.68. The first-order valence-corrected chi connectivity index (χ1v) is 6.84. The minimum Gasteiger partial charge on any atom is -0.374 e. The summed E-state index contributed by atoms with van der Waals surface area (Å²) in [5.74, 6) is 0. The van der Waals surface area contributed by atoms with E-state index in [1.54, 1.807) is 0 Å². The van der Waals surface area contributed by atoms with E-state index in [1.807, 2.05) is 12.1 Å². The van der Waals surface area contributed by atoms with Gasteiger partial charge in [-0.15, -0.1) is 0 Å². The normalized spacial score (nSPS) is 18.3. The molecule has 0 aliphatic heterocycles. The molecule has 1 aromatic carbocycles. The molecule has 1 aliphatic rings. The number of fused-ring (bicyclic) bond motifs is 1. The number of hydrogen-bond donors (Lipinski definition) is 1. The number of hydrogen-bond acceptors (Lipinski definition) is 2. The highest BCUT2D eigenvalue weighted by atomic mass is 79.9. The van der Waals surface area contributed by atoms with E-state index in [1.165, 1.54) is 11.1 Å². The highest BCUT2D eigenvalue weighted by molar-refractivity contribution is 9.10. The van der Waals surface area contributed by atoms with Crippen molar-refractivity contribution in [2.75, 3.05) is 19.8 Å². The molecule has 0 fully saturated rings. The SMILES string of the molecule is FC(F)COCCNC1CCc2c(Br)cccc21. The molecule has 1 aliphatic carbocycles. The van der Waals surface area contributed by atoms with Crippen LogP contribution in [0.25, 0.3) is 0 Å². The monoisotopic (exact) mass is 319 g/mol. The van der Waals surface area contributed by atoms with Crippen molar-refractivity contribution in [3.63, 3.8) is 0 Å². The van der Waals surface area contributed by atoms with Gasteiger partial charge in [-0.3, -0.25) is 0 Å². The van der Waals surface area contributed by atoms with E-state index in [0.717, 1.165) is 17.3 Å². The van der Waals surface area contributed by atoms with Crippen molar-refractivity contribution in [3.8, 4) is 0 Å². The molecule has 0 heterocycles. The van der Waals surface area contributed by atoms with Crippen molar-refractivity contribution in [1.82, 2.24) is 5.32 Å². The highest BCUT2D eigenvalue weighted by Gasteiger charge is 2.23. The second-order valence-corrected chi connectivity index (χ2v) is 5.17. The Labute approximate surface area is 114 Å². The molecule has 5 heteroatoms. The Hall–Kier alpha value is -0.520. The molecule has 100 valence electrons. The fourth-order valence-corrected chi connectivity index (χ4v) is 2.88. The summed E-state index contributed by atoms with van der Waals surface area (Å²) in [7, 11) is 0.